The normalized spacial score (nSPS) is 15.2. The van der Waals surface area contributed by atoms with Crippen LogP contribution in [0.25, 0.3) is 5.13 Å². The van der Waals surface area contributed by atoms with Gasteiger partial charge >= 0.3 is 0 Å². The average molecular weight is 262 g/mol. The quantitative estimate of drug-likeness (QED) is 0.898. The predicted molar refractivity (Wildman–Crippen MR) is 73.4 cm³/mol. The van der Waals surface area contributed by atoms with E-state index in [1.165, 1.54) is 24.1 Å². The maximum atomic E-state index is 4.60. The average Bonchev–Trinajstić information content (AvgIpc) is 2.93. The van der Waals surface area contributed by atoms with Crippen LogP contribution in [0.3, 0.4) is 0 Å². The first-order chi connectivity index (χ1) is 8.75. The number of aryl methyl sites for hydroxylation is 1. The molecule has 0 atom stereocenters. The summed E-state index contributed by atoms with van der Waals surface area (Å²) in [7, 11) is 0. The van der Waals surface area contributed by atoms with E-state index in [-0.39, 0.29) is 0 Å². The van der Waals surface area contributed by atoms with Crippen molar-refractivity contribution in [1.29, 1.82) is 0 Å². The molecule has 0 unspecified atom stereocenters. The van der Waals surface area contributed by atoms with Gasteiger partial charge in [0.05, 0.1) is 5.69 Å². The molecule has 1 N–H and O–H groups in total. The third-order valence-electron chi connectivity index (χ3n) is 3.43. The van der Waals surface area contributed by atoms with Crippen LogP contribution in [0.4, 0.5) is 0 Å². The summed E-state index contributed by atoms with van der Waals surface area (Å²) < 4.78 is 1.96. The maximum Gasteiger partial charge on any atom is 0.210 e. The zero-order valence-electron chi connectivity index (χ0n) is 10.8. The lowest BCUT2D eigenvalue weighted by Gasteiger charge is -2.04. The minimum absolute atomic E-state index is 0.777. The Labute approximate surface area is 111 Å². The van der Waals surface area contributed by atoms with Crippen LogP contribution in [0.15, 0.2) is 11.6 Å². The molecule has 0 radical (unpaired) electrons. The third kappa shape index (κ3) is 2.33. The molecular formula is C13H18N4S. The highest BCUT2D eigenvalue weighted by molar-refractivity contribution is 7.12. The first kappa shape index (κ1) is 11.9. The smallest absolute Gasteiger partial charge is 0.210 e. The van der Waals surface area contributed by atoms with Crippen LogP contribution in [-0.2, 0) is 6.42 Å². The van der Waals surface area contributed by atoms with Crippen molar-refractivity contribution in [1.82, 2.24) is 20.1 Å². The molecule has 2 aromatic rings. The minimum atomic E-state index is 0.777. The molecular weight excluding hydrogens is 244 g/mol. The van der Waals surface area contributed by atoms with E-state index in [4.69, 9.17) is 0 Å². The molecule has 0 saturated heterocycles. The number of thiazole rings is 1. The molecule has 1 aliphatic carbocycles. The number of hydrogen-bond donors (Lipinski definition) is 1. The van der Waals surface area contributed by atoms with Gasteiger partial charge in [0.25, 0.3) is 0 Å². The SMILES string of the molecule is Cc1nn(-c2nccs2)c(C)c1CCNC1CC1. The molecule has 2 aromatic heterocycles. The Morgan fingerprint density at radius 1 is 1.44 bits per heavy atom. The molecule has 96 valence electrons. The summed E-state index contributed by atoms with van der Waals surface area (Å²) >= 11 is 1.62. The van der Waals surface area contributed by atoms with E-state index < -0.39 is 0 Å². The topological polar surface area (TPSA) is 42.7 Å². The van der Waals surface area contributed by atoms with E-state index in [9.17, 15) is 0 Å². The van der Waals surface area contributed by atoms with Crippen molar-refractivity contribution in [2.24, 2.45) is 0 Å². The van der Waals surface area contributed by atoms with Gasteiger partial charge in [0.15, 0.2) is 0 Å². The molecule has 1 fully saturated rings. The Morgan fingerprint density at radius 3 is 2.94 bits per heavy atom. The van der Waals surface area contributed by atoms with Crippen LogP contribution >= 0.6 is 11.3 Å². The van der Waals surface area contributed by atoms with Crippen molar-refractivity contribution in [2.75, 3.05) is 6.54 Å². The first-order valence-electron chi connectivity index (χ1n) is 6.44. The molecule has 0 aliphatic heterocycles. The first-order valence-corrected chi connectivity index (χ1v) is 7.32. The van der Waals surface area contributed by atoms with Crippen LogP contribution in [0.2, 0.25) is 0 Å². The van der Waals surface area contributed by atoms with Gasteiger partial charge < -0.3 is 5.32 Å². The van der Waals surface area contributed by atoms with Crippen molar-refractivity contribution < 1.29 is 0 Å². The Hall–Kier alpha value is -1.20. The zero-order chi connectivity index (χ0) is 12.5. The Morgan fingerprint density at radius 2 is 2.28 bits per heavy atom. The monoisotopic (exact) mass is 262 g/mol. The van der Waals surface area contributed by atoms with Gasteiger partial charge in [-0.05, 0) is 45.2 Å². The minimum Gasteiger partial charge on any atom is -0.314 e. The maximum absolute atomic E-state index is 4.60. The molecule has 0 bridgehead atoms. The largest absolute Gasteiger partial charge is 0.314 e. The number of nitrogens with one attached hydrogen (secondary N) is 1. The van der Waals surface area contributed by atoms with Gasteiger partial charge in [0.2, 0.25) is 5.13 Å². The number of nitrogens with zero attached hydrogens (tertiary/aromatic N) is 3. The molecule has 5 heteroatoms. The molecule has 1 aliphatic rings. The van der Waals surface area contributed by atoms with Gasteiger partial charge in [-0.3, -0.25) is 0 Å². The van der Waals surface area contributed by atoms with E-state index in [0.29, 0.717) is 0 Å². The van der Waals surface area contributed by atoms with Gasteiger partial charge in [0.1, 0.15) is 0 Å². The molecule has 0 aromatic carbocycles. The zero-order valence-corrected chi connectivity index (χ0v) is 11.6. The number of aromatic nitrogens is 3. The van der Waals surface area contributed by atoms with Crippen LogP contribution in [-0.4, -0.2) is 27.4 Å². The van der Waals surface area contributed by atoms with Gasteiger partial charge in [0, 0.05) is 23.3 Å². The second-order valence-corrected chi connectivity index (χ2v) is 5.73. The van der Waals surface area contributed by atoms with E-state index in [1.54, 1.807) is 11.3 Å². The molecule has 3 rings (SSSR count). The van der Waals surface area contributed by atoms with Gasteiger partial charge in [-0.1, -0.05) is 0 Å². The summed E-state index contributed by atoms with van der Waals surface area (Å²) in [4.78, 5) is 4.32. The summed E-state index contributed by atoms with van der Waals surface area (Å²) in [5.74, 6) is 0. The summed E-state index contributed by atoms with van der Waals surface area (Å²) in [5.41, 5.74) is 3.71. The summed E-state index contributed by atoms with van der Waals surface area (Å²) in [6.07, 6.45) is 5.57. The Bertz CT molecular complexity index is 525. The molecule has 0 spiro atoms. The van der Waals surface area contributed by atoms with Crippen LogP contribution in [0.5, 0.6) is 0 Å². The highest BCUT2D eigenvalue weighted by Gasteiger charge is 2.20. The van der Waals surface area contributed by atoms with E-state index in [2.05, 4.69) is 29.2 Å². The summed E-state index contributed by atoms with van der Waals surface area (Å²) in [5, 5.41) is 11.1. The van der Waals surface area contributed by atoms with Crippen molar-refractivity contribution in [3.63, 3.8) is 0 Å². The van der Waals surface area contributed by atoms with Crippen molar-refractivity contribution in [2.45, 2.75) is 39.2 Å². The van der Waals surface area contributed by atoms with E-state index in [1.807, 2.05) is 16.3 Å². The fraction of sp³-hybridized carbons (Fsp3) is 0.538. The summed E-state index contributed by atoms with van der Waals surface area (Å²) in [6.45, 7) is 5.27. The molecule has 4 nitrogen and oxygen atoms in total. The lowest BCUT2D eigenvalue weighted by molar-refractivity contribution is 0.679. The van der Waals surface area contributed by atoms with Crippen molar-refractivity contribution in [3.05, 3.63) is 28.5 Å². The lowest BCUT2D eigenvalue weighted by Crippen LogP contribution is -2.19. The van der Waals surface area contributed by atoms with E-state index in [0.717, 1.165) is 29.8 Å². The van der Waals surface area contributed by atoms with Crippen LogP contribution < -0.4 is 5.32 Å². The molecule has 2 heterocycles. The van der Waals surface area contributed by atoms with Gasteiger partial charge in [-0.15, -0.1) is 11.3 Å². The third-order valence-corrected chi connectivity index (χ3v) is 4.17. The van der Waals surface area contributed by atoms with Crippen molar-refractivity contribution in [3.8, 4) is 5.13 Å². The molecule has 0 amide bonds. The Balaban J connectivity index is 1.76. The molecule has 18 heavy (non-hydrogen) atoms. The van der Waals surface area contributed by atoms with E-state index >= 15 is 0 Å². The molecule has 1 saturated carbocycles. The van der Waals surface area contributed by atoms with Gasteiger partial charge in [-0.2, -0.15) is 5.10 Å². The summed E-state index contributed by atoms with van der Waals surface area (Å²) in [6, 6.07) is 0.777. The highest BCUT2D eigenvalue weighted by atomic mass is 32.1. The standard InChI is InChI=1S/C13H18N4S/c1-9-12(5-6-14-11-3-4-11)10(2)17(16-9)13-15-7-8-18-13/h7-8,11,14H,3-6H2,1-2H3. The second-order valence-electron chi connectivity index (χ2n) is 4.85. The van der Waals surface area contributed by atoms with Crippen LogP contribution in [0.1, 0.15) is 29.8 Å². The number of hydrogen-bond acceptors (Lipinski definition) is 4. The number of rotatable bonds is 5. The predicted octanol–water partition coefficient (Wildman–Crippen LogP) is 2.24. The van der Waals surface area contributed by atoms with Gasteiger partial charge in [-0.25, -0.2) is 9.67 Å². The lowest BCUT2D eigenvalue weighted by atomic mass is 10.1. The van der Waals surface area contributed by atoms with Crippen LogP contribution in [0, 0.1) is 13.8 Å². The second kappa shape index (κ2) is 4.82. The van der Waals surface area contributed by atoms with Crippen molar-refractivity contribution >= 4 is 11.3 Å². The fourth-order valence-electron chi connectivity index (χ4n) is 2.23. The Kier molecular flexibility index (Phi) is 3.18. The fourth-order valence-corrected chi connectivity index (χ4v) is 2.88. The highest BCUT2D eigenvalue weighted by Crippen LogP contribution is 2.21.